The summed E-state index contributed by atoms with van der Waals surface area (Å²) in [5.41, 5.74) is 5.75. The Morgan fingerprint density at radius 2 is 2.33 bits per heavy atom. The van der Waals surface area contributed by atoms with E-state index in [0.29, 0.717) is 19.5 Å². The van der Waals surface area contributed by atoms with Gasteiger partial charge in [0.05, 0.1) is 6.54 Å². The van der Waals surface area contributed by atoms with Crippen LogP contribution in [0.2, 0.25) is 0 Å². The summed E-state index contributed by atoms with van der Waals surface area (Å²) in [5, 5.41) is 0. The molecular weight excluding hydrogens is 194 g/mol. The third kappa shape index (κ3) is 3.20. The van der Waals surface area contributed by atoms with Crippen LogP contribution in [0.3, 0.4) is 0 Å². The number of carbonyl (C=O) groups is 2. The summed E-state index contributed by atoms with van der Waals surface area (Å²) in [5.74, 6) is 0.00880. The first-order chi connectivity index (χ1) is 7.04. The lowest BCUT2D eigenvalue weighted by molar-refractivity contribution is -0.141. The van der Waals surface area contributed by atoms with E-state index in [4.69, 9.17) is 5.73 Å². The Labute approximate surface area is 90.2 Å². The van der Waals surface area contributed by atoms with Gasteiger partial charge in [-0.1, -0.05) is 0 Å². The molecule has 1 atom stereocenters. The number of hydrogen-bond donors (Lipinski definition) is 1. The maximum Gasteiger partial charge on any atom is 0.241 e. The molecule has 1 rings (SSSR count). The quantitative estimate of drug-likeness (QED) is 0.681. The van der Waals surface area contributed by atoms with E-state index in [1.165, 1.54) is 0 Å². The van der Waals surface area contributed by atoms with Crippen molar-refractivity contribution in [1.82, 2.24) is 9.80 Å². The highest BCUT2D eigenvalue weighted by Crippen LogP contribution is 2.09. The third-order valence-corrected chi connectivity index (χ3v) is 2.76. The van der Waals surface area contributed by atoms with E-state index in [0.717, 1.165) is 6.42 Å². The molecule has 5 heteroatoms. The number of likely N-dealkylation sites (N-methyl/N-ethyl adjacent to an activating group) is 1. The minimum absolute atomic E-state index is 0.0161. The van der Waals surface area contributed by atoms with Crippen molar-refractivity contribution < 1.29 is 9.59 Å². The predicted octanol–water partition coefficient (Wildman–Crippen LogP) is -0.586. The Bertz CT molecular complexity index is 255. The van der Waals surface area contributed by atoms with Gasteiger partial charge in [0.15, 0.2) is 0 Å². The first-order valence-corrected chi connectivity index (χ1v) is 5.32. The van der Waals surface area contributed by atoms with Gasteiger partial charge < -0.3 is 15.5 Å². The second-order valence-corrected chi connectivity index (χ2v) is 3.98. The molecular formula is C10H19N3O2. The van der Waals surface area contributed by atoms with Crippen LogP contribution in [0.15, 0.2) is 0 Å². The number of hydrogen-bond acceptors (Lipinski definition) is 3. The van der Waals surface area contributed by atoms with Crippen molar-refractivity contribution in [2.45, 2.75) is 25.8 Å². The normalized spacial score (nSPS) is 21.7. The molecule has 5 nitrogen and oxygen atoms in total. The summed E-state index contributed by atoms with van der Waals surface area (Å²) in [6.07, 6.45) is 1.19. The molecule has 0 spiro atoms. The Hall–Kier alpha value is -1.10. The van der Waals surface area contributed by atoms with Crippen LogP contribution in [0, 0.1) is 0 Å². The van der Waals surface area contributed by atoms with Gasteiger partial charge in [-0.2, -0.15) is 0 Å². The minimum atomic E-state index is -0.0278. The summed E-state index contributed by atoms with van der Waals surface area (Å²) >= 11 is 0. The molecule has 0 saturated carbocycles. The zero-order chi connectivity index (χ0) is 11.4. The van der Waals surface area contributed by atoms with Crippen LogP contribution in [-0.4, -0.2) is 54.3 Å². The molecule has 1 fully saturated rings. The highest BCUT2D eigenvalue weighted by Gasteiger charge is 2.25. The van der Waals surface area contributed by atoms with Gasteiger partial charge in [0.1, 0.15) is 0 Å². The van der Waals surface area contributed by atoms with E-state index in [9.17, 15) is 9.59 Å². The van der Waals surface area contributed by atoms with Crippen LogP contribution < -0.4 is 5.73 Å². The molecule has 0 radical (unpaired) electrons. The lowest BCUT2D eigenvalue weighted by Crippen LogP contribution is -2.50. The molecule has 1 heterocycles. The molecule has 0 aromatic heterocycles. The number of piperidine rings is 1. The molecule has 1 saturated heterocycles. The van der Waals surface area contributed by atoms with Gasteiger partial charge in [-0.05, 0) is 13.3 Å². The second kappa shape index (κ2) is 5.11. The van der Waals surface area contributed by atoms with Gasteiger partial charge >= 0.3 is 0 Å². The standard InChI is InChI=1S/C10H19N3O2/c1-3-12(2)10(15)7-13-6-8(11)4-5-9(13)14/h8H,3-7,11H2,1-2H3. The fraction of sp³-hybridized carbons (Fsp3) is 0.800. The highest BCUT2D eigenvalue weighted by atomic mass is 16.2. The molecule has 2 amide bonds. The van der Waals surface area contributed by atoms with E-state index in [2.05, 4.69) is 0 Å². The molecule has 0 aliphatic carbocycles. The molecule has 2 N–H and O–H groups in total. The van der Waals surface area contributed by atoms with E-state index < -0.39 is 0 Å². The average Bonchev–Trinajstić information content (AvgIpc) is 2.22. The maximum atomic E-state index is 11.6. The van der Waals surface area contributed by atoms with Crippen molar-refractivity contribution in [1.29, 1.82) is 0 Å². The van der Waals surface area contributed by atoms with Crippen molar-refractivity contribution in [3.63, 3.8) is 0 Å². The second-order valence-electron chi connectivity index (χ2n) is 3.98. The van der Waals surface area contributed by atoms with E-state index >= 15 is 0 Å². The van der Waals surface area contributed by atoms with Crippen molar-refractivity contribution in [2.24, 2.45) is 5.73 Å². The summed E-state index contributed by atoms with van der Waals surface area (Å²) in [6.45, 7) is 3.23. The van der Waals surface area contributed by atoms with Crippen molar-refractivity contribution in [2.75, 3.05) is 26.7 Å². The molecule has 0 aromatic rings. The van der Waals surface area contributed by atoms with Crippen molar-refractivity contribution in [3.8, 4) is 0 Å². The molecule has 1 unspecified atom stereocenters. The topological polar surface area (TPSA) is 66.6 Å². The molecule has 15 heavy (non-hydrogen) atoms. The lowest BCUT2D eigenvalue weighted by atomic mass is 10.1. The van der Waals surface area contributed by atoms with Crippen LogP contribution >= 0.6 is 0 Å². The van der Waals surface area contributed by atoms with E-state index in [-0.39, 0.29) is 24.4 Å². The Kier molecular flexibility index (Phi) is 4.08. The SMILES string of the molecule is CCN(C)C(=O)CN1CC(N)CCC1=O. The largest absolute Gasteiger partial charge is 0.345 e. The van der Waals surface area contributed by atoms with Crippen LogP contribution in [0.5, 0.6) is 0 Å². The van der Waals surface area contributed by atoms with Crippen LogP contribution in [0.25, 0.3) is 0 Å². The summed E-state index contributed by atoms with van der Waals surface area (Å²) in [6, 6.07) is 0.0161. The lowest BCUT2D eigenvalue weighted by Gasteiger charge is -2.31. The highest BCUT2D eigenvalue weighted by molar-refractivity contribution is 5.85. The van der Waals surface area contributed by atoms with Gasteiger partial charge in [0.2, 0.25) is 11.8 Å². The molecule has 86 valence electrons. The van der Waals surface area contributed by atoms with E-state index in [1.807, 2.05) is 6.92 Å². The monoisotopic (exact) mass is 213 g/mol. The Balaban J connectivity index is 2.49. The van der Waals surface area contributed by atoms with Gasteiger partial charge in [0.25, 0.3) is 0 Å². The third-order valence-electron chi connectivity index (χ3n) is 2.76. The van der Waals surface area contributed by atoms with Gasteiger partial charge in [0, 0.05) is 32.6 Å². The number of rotatable bonds is 3. The van der Waals surface area contributed by atoms with Crippen LogP contribution in [0.4, 0.5) is 0 Å². The van der Waals surface area contributed by atoms with Gasteiger partial charge in [-0.25, -0.2) is 0 Å². The Morgan fingerprint density at radius 3 is 2.93 bits per heavy atom. The first-order valence-electron chi connectivity index (χ1n) is 5.32. The summed E-state index contributed by atoms with van der Waals surface area (Å²) in [7, 11) is 1.73. The number of nitrogens with two attached hydrogens (primary N) is 1. The minimum Gasteiger partial charge on any atom is -0.345 e. The molecule has 0 bridgehead atoms. The van der Waals surface area contributed by atoms with Gasteiger partial charge in [-0.3, -0.25) is 9.59 Å². The smallest absolute Gasteiger partial charge is 0.241 e. The van der Waals surface area contributed by atoms with Crippen molar-refractivity contribution >= 4 is 11.8 Å². The fourth-order valence-corrected chi connectivity index (χ4v) is 1.56. The van der Waals surface area contributed by atoms with Crippen molar-refractivity contribution in [3.05, 3.63) is 0 Å². The molecule has 1 aliphatic rings. The van der Waals surface area contributed by atoms with Gasteiger partial charge in [-0.15, -0.1) is 0 Å². The summed E-state index contributed by atoms with van der Waals surface area (Å²) < 4.78 is 0. The predicted molar refractivity (Wildman–Crippen MR) is 57.1 cm³/mol. The summed E-state index contributed by atoms with van der Waals surface area (Å²) in [4.78, 5) is 26.2. The average molecular weight is 213 g/mol. The maximum absolute atomic E-state index is 11.6. The number of amides is 2. The van der Waals surface area contributed by atoms with E-state index in [1.54, 1.807) is 16.8 Å². The number of likely N-dealkylation sites (tertiary alicyclic amines) is 1. The number of carbonyl (C=O) groups excluding carboxylic acids is 2. The van der Waals surface area contributed by atoms with Crippen LogP contribution in [0.1, 0.15) is 19.8 Å². The zero-order valence-electron chi connectivity index (χ0n) is 9.40. The zero-order valence-corrected chi connectivity index (χ0v) is 9.40. The first kappa shape index (κ1) is 12.0. The Morgan fingerprint density at radius 1 is 1.67 bits per heavy atom. The molecule has 0 aromatic carbocycles. The molecule has 1 aliphatic heterocycles. The fourth-order valence-electron chi connectivity index (χ4n) is 1.56. The van der Waals surface area contributed by atoms with Crippen LogP contribution in [-0.2, 0) is 9.59 Å². The number of nitrogens with zero attached hydrogens (tertiary/aromatic N) is 2.